The molecule has 0 spiro atoms. The zero-order chi connectivity index (χ0) is 21.6. The number of amides is 1. The van der Waals surface area contributed by atoms with Gasteiger partial charge in [-0.15, -0.1) is 0 Å². The first-order chi connectivity index (χ1) is 15.1. The van der Waals surface area contributed by atoms with E-state index in [4.69, 9.17) is 11.6 Å². The Morgan fingerprint density at radius 2 is 1.68 bits per heavy atom. The van der Waals surface area contributed by atoms with Gasteiger partial charge in [0.2, 0.25) is 5.91 Å². The molecule has 0 aliphatic carbocycles. The first-order valence-corrected chi connectivity index (χ1v) is 11.2. The summed E-state index contributed by atoms with van der Waals surface area (Å²) in [4.78, 5) is 33.7. The van der Waals surface area contributed by atoms with Crippen LogP contribution < -0.4 is 10.5 Å². The van der Waals surface area contributed by atoms with Gasteiger partial charge in [-0.1, -0.05) is 30.2 Å². The molecule has 0 bridgehead atoms. The van der Waals surface area contributed by atoms with Crippen LogP contribution in [-0.2, 0) is 11.3 Å². The van der Waals surface area contributed by atoms with Crippen molar-refractivity contribution in [3.05, 3.63) is 70.2 Å². The highest BCUT2D eigenvalue weighted by molar-refractivity contribution is 6.30. The Morgan fingerprint density at radius 3 is 2.45 bits per heavy atom. The number of hydrogen-bond donors (Lipinski definition) is 0. The van der Waals surface area contributed by atoms with Crippen LogP contribution in [-0.4, -0.2) is 46.5 Å². The topological polar surface area (TPSA) is 58.4 Å². The molecule has 1 aliphatic heterocycles. The second-order valence-corrected chi connectivity index (χ2v) is 8.35. The number of carbonyl (C=O) groups is 1. The molecule has 0 saturated carbocycles. The van der Waals surface area contributed by atoms with E-state index in [1.807, 2.05) is 53.4 Å². The third-order valence-corrected chi connectivity index (χ3v) is 6.10. The molecule has 162 valence electrons. The zero-order valence-corrected chi connectivity index (χ0v) is 18.3. The molecule has 0 radical (unpaired) electrons. The summed E-state index contributed by atoms with van der Waals surface area (Å²) >= 11 is 5.96. The number of unbranched alkanes of at least 4 members (excludes halogenated alkanes) is 2. The number of anilines is 1. The van der Waals surface area contributed by atoms with Crippen LogP contribution in [0.5, 0.6) is 0 Å². The van der Waals surface area contributed by atoms with Gasteiger partial charge >= 0.3 is 0 Å². The molecule has 6 nitrogen and oxygen atoms in total. The van der Waals surface area contributed by atoms with Gasteiger partial charge < -0.3 is 9.80 Å². The van der Waals surface area contributed by atoms with Crippen LogP contribution in [0.25, 0.3) is 10.9 Å². The Bertz CT molecular complexity index is 1090. The van der Waals surface area contributed by atoms with E-state index in [9.17, 15) is 9.59 Å². The second-order valence-electron chi connectivity index (χ2n) is 7.92. The molecule has 4 rings (SSSR count). The van der Waals surface area contributed by atoms with Crippen LogP contribution in [0.1, 0.15) is 25.7 Å². The summed E-state index contributed by atoms with van der Waals surface area (Å²) in [5.74, 6) is 0.222. The highest BCUT2D eigenvalue weighted by atomic mass is 35.5. The third kappa shape index (κ3) is 5.25. The first kappa shape index (κ1) is 21.4. The number of para-hydroxylation sites is 1. The lowest BCUT2D eigenvalue weighted by molar-refractivity contribution is -0.131. The Hall–Kier alpha value is -2.86. The van der Waals surface area contributed by atoms with E-state index < -0.39 is 0 Å². The van der Waals surface area contributed by atoms with E-state index in [1.54, 1.807) is 10.9 Å². The standard InChI is InChI=1S/C24H27ClN4O2/c25-19-9-11-20(12-10-19)27-14-16-28(17-15-27)23(30)8-2-1-5-13-29-18-26-22-7-4-3-6-21(22)24(29)31/h3-4,6-7,9-12,18H,1-2,5,8,13-17H2. The lowest BCUT2D eigenvalue weighted by atomic mass is 10.1. The van der Waals surface area contributed by atoms with Gasteiger partial charge in [0.1, 0.15) is 0 Å². The number of fused-ring (bicyclic) bond motifs is 1. The molecule has 1 aliphatic rings. The average Bonchev–Trinajstić information content (AvgIpc) is 2.81. The maximum atomic E-state index is 12.5. The number of nitrogens with zero attached hydrogens (tertiary/aromatic N) is 4. The third-order valence-electron chi connectivity index (χ3n) is 5.85. The SMILES string of the molecule is O=C(CCCCCn1cnc2ccccc2c1=O)N1CCN(c2ccc(Cl)cc2)CC1. The molecule has 2 heterocycles. The molecule has 7 heteroatoms. The molecule has 0 unspecified atom stereocenters. The Kier molecular flexibility index (Phi) is 6.87. The van der Waals surface area contributed by atoms with Gasteiger partial charge in [-0.25, -0.2) is 4.98 Å². The van der Waals surface area contributed by atoms with Crippen LogP contribution in [0.4, 0.5) is 5.69 Å². The Morgan fingerprint density at radius 1 is 0.935 bits per heavy atom. The monoisotopic (exact) mass is 438 g/mol. The number of benzene rings is 2. The lowest BCUT2D eigenvalue weighted by Crippen LogP contribution is -2.48. The number of piperazine rings is 1. The van der Waals surface area contributed by atoms with E-state index in [0.29, 0.717) is 18.4 Å². The van der Waals surface area contributed by atoms with Gasteiger partial charge in [0, 0.05) is 49.9 Å². The molecule has 1 aromatic heterocycles. The minimum absolute atomic E-state index is 0.000217. The van der Waals surface area contributed by atoms with E-state index in [0.717, 1.165) is 61.7 Å². The quantitative estimate of drug-likeness (QED) is 0.524. The van der Waals surface area contributed by atoms with E-state index >= 15 is 0 Å². The van der Waals surface area contributed by atoms with Crippen LogP contribution in [0, 0.1) is 0 Å². The molecular weight excluding hydrogens is 412 g/mol. The molecule has 1 fully saturated rings. The van der Waals surface area contributed by atoms with E-state index in [-0.39, 0.29) is 11.5 Å². The number of hydrogen-bond acceptors (Lipinski definition) is 4. The number of rotatable bonds is 7. The zero-order valence-electron chi connectivity index (χ0n) is 17.5. The highest BCUT2D eigenvalue weighted by Crippen LogP contribution is 2.20. The second kappa shape index (κ2) is 9.96. The molecule has 2 aromatic carbocycles. The summed E-state index contributed by atoms with van der Waals surface area (Å²) in [7, 11) is 0. The van der Waals surface area contributed by atoms with Gasteiger partial charge in [0.25, 0.3) is 5.56 Å². The van der Waals surface area contributed by atoms with Crippen LogP contribution in [0.15, 0.2) is 59.7 Å². The minimum Gasteiger partial charge on any atom is -0.368 e. The number of aromatic nitrogens is 2. The van der Waals surface area contributed by atoms with Crippen molar-refractivity contribution in [1.82, 2.24) is 14.5 Å². The van der Waals surface area contributed by atoms with Gasteiger partial charge in [0.05, 0.1) is 17.2 Å². The fourth-order valence-corrected chi connectivity index (χ4v) is 4.15. The fourth-order valence-electron chi connectivity index (χ4n) is 4.02. The Labute approximate surface area is 187 Å². The van der Waals surface area contributed by atoms with Gasteiger partial charge in [-0.3, -0.25) is 14.2 Å². The maximum absolute atomic E-state index is 12.5. The minimum atomic E-state index is 0.000217. The Balaban J connectivity index is 1.18. The summed E-state index contributed by atoms with van der Waals surface area (Å²) in [6, 6.07) is 15.2. The van der Waals surface area contributed by atoms with Crippen molar-refractivity contribution in [2.45, 2.75) is 32.2 Å². The van der Waals surface area contributed by atoms with E-state index in [2.05, 4.69) is 9.88 Å². The summed E-state index contributed by atoms with van der Waals surface area (Å²) in [6.07, 6.45) is 4.79. The van der Waals surface area contributed by atoms with Crippen LogP contribution in [0.3, 0.4) is 0 Å². The van der Waals surface area contributed by atoms with Gasteiger partial charge in [-0.2, -0.15) is 0 Å². The van der Waals surface area contributed by atoms with Gasteiger partial charge in [-0.05, 0) is 49.2 Å². The average molecular weight is 439 g/mol. The number of carbonyl (C=O) groups excluding carboxylic acids is 1. The molecule has 31 heavy (non-hydrogen) atoms. The number of aryl methyl sites for hydroxylation is 1. The summed E-state index contributed by atoms with van der Waals surface area (Å²) in [5.41, 5.74) is 1.88. The highest BCUT2D eigenvalue weighted by Gasteiger charge is 2.20. The lowest BCUT2D eigenvalue weighted by Gasteiger charge is -2.36. The van der Waals surface area contributed by atoms with Crippen LogP contribution in [0.2, 0.25) is 5.02 Å². The van der Waals surface area contributed by atoms with Crippen molar-refractivity contribution in [1.29, 1.82) is 0 Å². The van der Waals surface area contributed by atoms with Crippen molar-refractivity contribution < 1.29 is 4.79 Å². The first-order valence-electron chi connectivity index (χ1n) is 10.8. The predicted octanol–water partition coefficient (Wildman–Crippen LogP) is 3.96. The fraction of sp³-hybridized carbons (Fsp3) is 0.375. The summed E-state index contributed by atoms with van der Waals surface area (Å²) in [5, 5.41) is 1.39. The normalized spacial score (nSPS) is 14.2. The molecule has 0 N–H and O–H groups in total. The molecule has 3 aromatic rings. The van der Waals surface area contributed by atoms with Crippen molar-refractivity contribution in [3.63, 3.8) is 0 Å². The predicted molar refractivity (Wildman–Crippen MR) is 125 cm³/mol. The number of halogens is 1. The summed E-state index contributed by atoms with van der Waals surface area (Å²) < 4.78 is 1.67. The maximum Gasteiger partial charge on any atom is 0.261 e. The van der Waals surface area contributed by atoms with Crippen molar-refractivity contribution in [2.75, 3.05) is 31.1 Å². The molecule has 0 atom stereocenters. The van der Waals surface area contributed by atoms with Crippen molar-refractivity contribution in [2.24, 2.45) is 0 Å². The summed E-state index contributed by atoms with van der Waals surface area (Å²) in [6.45, 7) is 3.81. The van der Waals surface area contributed by atoms with Gasteiger partial charge in [0.15, 0.2) is 0 Å². The molecular formula is C24H27ClN4O2. The molecule has 1 amide bonds. The largest absolute Gasteiger partial charge is 0.368 e. The van der Waals surface area contributed by atoms with Crippen molar-refractivity contribution >= 4 is 34.1 Å². The smallest absolute Gasteiger partial charge is 0.261 e. The van der Waals surface area contributed by atoms with Crippen molar-refractivity contribution in [3.8, 4) is 0 Å². The molecule has 1 saturated heterocycles. The van der Waals surface area contributed by atoms with Crippen LogP contribution >= 0.6 is 11.6 Å². The van der Waals surface area contributed by atoms with E-state index in [1.165, 1.54) is 0 Å².